The van der Waals surface area contributed by atoms with Crippen LogP contribution in [0.1, 0.15) is 23.7 Å². The minimum atomic E-state index is -0.131. The maximum Gasteiger partial charge on any atom is 0.265 e. The molecule has 0 unspecified atom stereocenters. The largest absolute Gasteiger partial charge is 0.491 e. The Balaban J connectivity index is 1.94. The molecule has 1 heterocycles. The van der Waals surface area contributed by atoms with Crippen molar-refractivity contribution < 1.29 is 9.53 Å². The van der Waals surface area contributed by atoms with Crippen molar-refractivity contribution in [2.24, 2.45) is 0 Å². The number of benzene rings is 1. The standard InChI is InChI=1S/C15H24N4O2/c1-3-10-21-14-5-4-12(11-13(14)16)15(20)17-19-8-6-18(2)7-9-19/h4-5,11H,3,6-10,16H2,1-2H3,(H,17,20). The number of piperazine rings is 1. The summed E-state index contributed by atoms with van der Waals surface area (Å²) in [6.45, 7) is 6.22. The van der Waals surface area contributed by atoms with E-state index in [1.807, 2.05) is 11.9 Å². The molecule has 1 aromatic rings. The Morgan fingerprint density at radius 3 is 2.67 bits per heavy atom. The summed E-state index contributed by atoms with van der Waals surface area (Å²) in [5.41, 5.74) is 9.89. The molecule has 6 nitrogen and oxygen atoms in total. The lowest BCUT2D eigenvalue weighted by atomic mass is 10.2. The van der Waals surface area contributed by atoms with E-state index in [0.29, 0.717) is 23.6 Å². The van der Waals surface area contributed by atoms with Crippen LogP contribution in [-0.4, -0.2) is 55.6 Å². The van der Waals surface area contributed by atoms with Gasteiger partial charge in [-0.05, 0) is 31.7 Å². The van der Waals surface area contributed by atoms with E-state index < -0.39 is 0 Å². The van der Waals surface area contributed by atoms with E-state index in [4.69, 9.17) is 10.5 Å². The van der Waals surface area contributed by atoms with Crippen molar-refractivity contribution in [3.63, 3.8) is 0 Å². The molecular formula is C15H24N4O2. The highest BCUT2D eigenvalue weighted by Gasteiger charge is 2.17. The van der Waals surface area contributed by atoms with E-state index in [-0.39, 0.29) is 5.91 Å². The van der Waals surface area contributed by atoms with Crippen LogP contribution in [0.15, 0.2) is 18.2 Å². The van der Waals surface area contributed by atoms with Gasteiger partial charge in [-0.1, -0.05) is 6.92 Å². The Labute approximate surface area is 125 Å². The van der Waals surface area contributed by atoms with E-state index >= 15 is 0 Å². The van der Waals surface area contributed by atoms with Crippen molar-refractivity contribution in [1.82, 2.24) is 15.3 Å². The van der Waals surface area contributed by atoms with Crippen molar-refractivity contribution in [2.75, 3.05) is 45.6 Å². The van der Waals surface area contributed by atoms with Gasteiger partial charge in [0.25, 0.3) is 5.91 Å². The number of nitrogens with one attached hydrogen (secondary N) is 1. The zero-order chi connectivity index (χ0) is 15.2. The second kappa shape index (κ2) is 7.28. The molecule has 0 aromatic heterocycles. The van der Waals surface area contributed by atoms with Gasteiger partial charge in [-0.25, -0.2) is 5.01 Å². The van der Waals surface area contributed by atoms with Crippen LogP contribution in [0.3, 0.4) is 0 Å². The van der Waals surface area contributed by atoms with Crippen LogP contribution in [0.2, 0.25) is 0 Å². The highest BCUT2D eigenvalue weighted by molar-refractivity contribution is 5.95. The molecule has 0 bridgehead atoms. The van der Waals surface area contributed by atoms with Gasteiger partial charge in [0.1, 0.15) is 5.75 Å². The molecule has 2 rings (SSSR count). The summed E-state index contributed by atoms with van der Waals surface area (Å²) in [7, 11) is 2.08. The average Bonchev–Trinajstić information content (AvgIpc) is 2.48. The van der Waals surface area contributed by atoms with Gasteiger partial charge in [-0.2, -0.15) is 0 Å². The number of nitrogens with two attached hydrogens (primary N) is 1. The van der Waals surface area contributed by atoms with E-state index in [2.05, 4.69) is 17.4 Å². The summed E-state index contributed by atoms with van der Waals surface area (Å²) in [5, 5.41) is 1.94. The minimum Gasteiger partial charge on any atom is -0.491 e. The Morgan fingerprint density at radius 2 is 2.05 bits per heavy atom. The first-order valence-electron chi connectivity index (χ1n) is 7.37. The first-order chi connectivity index (χ1) is 10.1. The van der Waals surface area contributed by atoms with Crippen LogP contribution in [-0.2, 0) is 0 Å². The number of amides is 1. The Bertz CT molecular complexity index is 485. The molecule has 1 aliphatic rings. The molecular weight excluding hydrogens is 268 g/mol. The third kappa shape index (κ3) is 4.34. The molecule has 6 heteroatoms. The summed E-state index contributed by atoms with van der Waals surface area (Å²) in [6.07, 6.45) is 0.922. The first kappa shape index (κ1) is 15.6. The van der Waals surface area contributed by atoms with Crippen LogP contribution in [0.5, 0.6) is 5.75 Å². The Hall–Kier alpha value is -1.79. The topological polar surface area (TPSA) is 70.8 Å². The number of carbonyl (C=O) groups is 1. The second-order valence-corrected chi connectivity index (χ2v) is 5.33. The van der Waals surface area contributed by atoms with Gasteiger partial charge in [-0.15, -0.1) is 0 Å². The molecule has 1 aromatic carbocycles. The van der Waals surface area contributed by atoms with Gasteiger partial charge in [0.2, 0.25) is 0 Å². The first-order valence-corrected chi connectivity index (χ1v) is 7.37. The summed E-state index contributed by atoms with van der Waals surface area (Å²) in [5.74, 6) is 0.501. The molecule has 0 atom stereocenters. The van der Waals surface area contributed by atoms with E-state index in [0.717, 1.165) is 32.6 Å². The van der Waals surface area contributed by atoms with Crippen LogP contribution in [0.4, 0.5) is 5.69 Å². The van der Waals surface area contributed by atoms with Gasteiger partial charge in [-0.3, -0.25) is 10.2 Å². The van der Waals surface area contributed by atoms with Gasteiger partial charge in [0.05, 0.1) is 12.3 Å². The number of carbonyl (C=O) groups excluding carboxylic acids is 1. The number of hydrogen-bond acceptors (Lipinski definition) is 5. The Kier molecular flexibility index (Phi) is 5.41. The summed E-state index contributed by atoms with van der Waals surface area (Å²) >= 11 is 0. The zero-order valence-electron chi connectivity index (χ0n) is 12.8. The second-order valence-electron chi connectivity index (χ2n) is 5.33. The predicted octanol–water partition coefficient (Wildman–Crippen LogP) is 0.950. The lowest BCUT2D eigenvalue weighted by molar-refractivity contribution is 0.0662. The van der Waals surface area contributed by atoms with Crippen LogP contribution >= 0.6 is 0 Å². The fraction of sp³-hybridized carbons (Fsp3) is 0.533. The van der Waals surface area contributed by atoms with Crippen molar-refractivity contribution in [1.29, 1.82) is 0 Å². The molecule has 0 aliphatic carbocycles. The van der Waals surface area contributed by atoms with Gasteiger partial charge < -0.3 is 15.4 Å². The molecule has 0 saturated carbocycles. The molecule has 21 heavy (non-hydrogen) atoms. The Morgan fingerprint density at radius 1 is 1.33 bits per heavy atom. The fourth-order valence-corrected chi connectivity index (χ4v) is 2.16. The highest BCUT2D eigenvalue weighted by Crippen LogP contribution is 2.22. The number of rotatable bonds is 5. The molecule has 1 saturated heterocycles. The number of hydrogen-bond donors (Lipinski definition) is 2. The maximum atomic E-state index is 12.2. The highest BCUT2D eigenvalue weighted by atomic mass is 16.5. The van der Waals surface area contributed by atoms with Gasteiger partial charge in [0, 0.05) is 31.7 Å². The van der Waals surface area contributed by atoms with E-state index in [9.17, 15) is 4.79 Å². The third-order valence-corrected chi connectivity index (χ3v) is 3.50. The molecule has 0 spiro atoms. The molecule has 1 amide bonds. The van der Waals surface area contributed by atoms with E-state index in [1.165, 1.54) is 0 Å². The monoisotopic (exact) mass is 292 g/mol. The maximum absolute atomic E-state index is 12.2. The van der Waals surface area contributed by atoms with Crippen molar-refractivity contribution >= 4 is 11.6 Å². The number of hydrazine groups is 1. The van der Waals surface area contributed by atoms with Crippen LogP contribution in [0, 0.1) is 0 Å². The lowest BCUT2D eigenvalue weighted by Crippen LogP contribution is -2.52. The van der Waals surface area contributed by atoms with Crippen molar-refractivity contribution in [2.45, 2.75) is 13.3 Å². The number of nitrogen functional groups attached to an aromatic ring is 1. The molecule has 1 aliphatic heterocycles. The van der Waals surface area contributed by atoms with E-state index in [1.54, 1.807) is 18.2 Å². The lowest BCUT2D eigenvalue weighted by Gasteiger charge is -2.32. The number of anilines is 1. The summed E-state index contributed by atoms with van der Waals surface area (Å²) in [6, 6.07) is 5.16. The molecule has 3 N–H and O–H groups in total. The van der Waals surface area contributed by atoms with Crippen LogP contribution < -0.4 is 15.9 Å². The SMILES string of the molecule is CCCOc1ccc(C(=O)NN2CCN(C)CC2)cc1N. The normalized spacial score (nSPS) is 16.7. The van der Waals surface area contributed by atoms with Crippen molar-refractivity contribution in [3.8, 4) is 5.75 Å². The molecule has 0 radical (unpaired) electrons. The predicted molar refractivity (Wildman–Crippen MR) is 83.2 cm³/mol. The average molecular weight is 292 g/mol. The zero-order valence-corrected chi connectivity index (χ0v) is 12.8. The van der Waals surface area contributed by atoms with Gasteiger partial charge in [0.15, 0.2) is 0 Å². The third-order valence-electron chi connectivity index (χ3n) is 3.50. The number of likely N-dealkylation sites (N-methyl/N-ethyl adjacent to an activating group) is 1. The quantitative estimate of drug-likeness (QED) is 0.791. The molecule has 1 fully saturated rings. The van der Waals surface area contributed by atoms with Gasteiger partial charge >= 0.3 is 0 Å². The van der Waals surface area contributed by atoms with Crippen molar-refractivity contribution in [3.05, 3.63) is 23.8 Å². The number of nitrogens with zero attached hydrogens (tertiary/aromatic N) is 2. The summed E-state index contributed by atoms with van der Waals surface area (Å²) < 4.78 is 5.51. The fourth-order valence-electron chi connectivity index (χ4n) is 2.16. The smallest absolute Gasteiger partial charge is 0.265 e. The molecule has 116 valence electrons. The summed E-state index contributed by atoms with van der Waals surface area (Å²) in [4.78, 5) is 14.4. The minimum absolute atomic E-state index is 0.131. The van der Waals surface area contributed by atoms with Crippen LogP contribution in [0.25, 0.3) is 0 Å². The number of ether oxygens (including phenoxy) is 1.